The Morgan fingerprint density at radius 2 is 1.60 bits per heavy atom. The fourth-order valence-electron chi connectivity index (χ4n) is 3.95. The molecule has 1 aromatic heterocycles. The van der Waals surface area contributed by atoms with Crippen molar-refractivity contribution in [2.24, 2.45) is 0 Å². The number of rotatable bonds is 6. The van der Waals surface area contributed by atoms with E-state index in [-0.39, 0.29) is 0 Å². The van der Waals surface area contributed by atoms with E-state index >= 15 is 0 Å². The molecular weight excluding hydrogens is 365 g/mol. The highest BCUT2D eigenvalue weighted by Crippen LogP contribution is 2.56. The number of hydrogen-bond donors (Lipinski definition) is 0. The van der Waals surface area contributed by atoms with Crippen LogP contribution in [0, 0.1) is 0 Å². The summed E-state index contributed by atoms with van der Waals surface area (Å²) in [5.74, 6) is 1.10. The summed E-state index contributed by atoms with van der Waals surface area (Å²) < 4.78 is 5.35. The monoisotopic (exact) mass is 391 g/mol. The molecule has 25 heavy (non-hydrogen) atoms. The fraction of sp³-hybridized carbons (Fsp3) is 0.526. The van der Waals surface area contributed by atoms with E-state index in [0.29, 0.717) is 0 Å². The maximum atomic E-state index is 6.37. The van der Waals surface area contributed by atoms with E-state index in [1.165, 1.54) is 62.1 Å². The second-order valence-electron chi connectivity index (χ2n) is 6.89. The third-order valence-corrected chi connectivity index (χ3v) is 11.9. The van der Waals surface area contributed by atoms with E-state index in [2.05, 4.69) is 38.6 Å². The van der Waals surface area contributed by atoms with Crippen LogP contribution in [0.1, 0.15) is 25.7 Å². The minimum absolute atomic E-state index is 1.10. The summed E-state index contributed by atoms with van der Waals surface area (Å²) >= 11 is 8.31. The zero-order chi connectivity index (χ0) is 17.1. The Kier molecular flexibility index (Phi) is 5.78. The zero-order valence-electron chi connectivity index (χ0n) is 14.6. The second-order valence-corrected chi connectivity index (χ2v) is 12.7. The molecule has 2 aliphatic rings. The third-order valence-electron chi connectivity index (χ3n) is 5.28. The molecule has 3 heterocycles. The van der Waals surface area contributed by atoms with Gasteiger partial charge >= 0.3 is 0 Å². The van der Waals surface area contributed by atoms with E-state index in [1.807, 2.05) is 24.0 Å². The molecule has 2 aliphatic heterocycles. The van der Waals surface area contributed by atoms with Gasteiger partial charge in [-0.05, 0) is 37.8 Å². The maximum absolute atomic E-state index is 6.37. The van der Waals surface area contributed by atoms with Gasteiger partial charge in [0.05, 0.1) is 11.9 Å². The molecule has 0 N–H and O–H groups in total. The van der Waals surface area contributed by atoms with Gasteiger partial charge in [-0.15, -0.1) is 11.8 Å². The highest BCUT2D eigenvalue weighted by atomic mass is 32.4. The Balaban J connectivity index is 1.48. The first-order chi connectivity index (χ1) is 12.3. The Morgan fingerprint density at radius 3 is 2.28 bits per heavy atom. The van der Waals surface area contributed by atoms with Crippen molar-refractivity contribution in [3.05, 3.63) is 36.5 Å². The van der Waals surface area contributed by atoms with E-state index in [9.17, 15) is 0 Å². The highest BCUT2D eigenvalue weighted by molar-refractivity contribution is 8.12. The zero-order valence-corrected chi connectivity index (χ0v) is 17.2. The molecule has 0 saturated carbocycles. The first kappa shape index (κ1) is 17.9. The normalized spacial score (nSPS) is 19.8. The van der Waals surface area contributed by atoms with Crippen LogP contribution in [0.25, 0.3) is 10.9 Å². The molecule has 2 aromatic rings. The van der Waals surface area contributed by atoms with Crippen molar-refractivity contribution in [3.63, 3.8) is 0 Å². The quantitative estimate of drug-likeness (QED) is 0.517. The molecule has 6 heteroatoms. The largest absolute Gasteiger partial charge is 0.264 e. The minimum atomic E-state index is -1.55. The Bertz CT molecular complexity index is 745. The predicted octanol–water partition coefficient (Wildman–Crippen LogP) is 4.83. The summed E-state index contributed by atoms with van der Waals surface area (Å²) in [6.45, 7) is 4.87. The molecule has 0 amide bonds. The predicted molar refractivity (Wildman–Crippen MR) is 113 cm³/mol. The molecule has 4 rings (SSSR count). The fourth-order valence-corrected chi connectivity index (χ4v) is 10.4. The molecule has 1 aromatic carbocycles. The number of thioether (sulfide) groups is 1. The summed E-state index contributed by atoms with van der Waals surface area (Å²) in [4.78, 5) is 5.89. The van der Waals surface area contributed by atoms with Gasteiger partial charge in [0.25, 0.3) is 0 Å². The maximum Gasteiger partial charge on any atom is 0.0837 e. The van der Waals surface area contributed by atoms with Gasteiger partial charge in [0.15, 0.2) is 0 Å². The average Bonchev–Trinajstić information content (AvgIpc) is 3.36. The number of aromatic nitrogens is 1. The number of para-hydroxylation sites is 1. The first-order valence-corrected chi connectivity index (χ1v) is 13.2. The smallest absolute Gasteiger partial charge is 0.0837 e. The van der Waals surface area contributed by atoms with Crippen LogP contribution in [0.2, 0.25) is 0 Å². The van der Waals surface area contributed by atoms with Gasteiger partial charge in [0.2, 0.25) is 0 Å². The minimum Gasteiger partial charge on any atom is -0.264 e. The van der Waals surface area contributed by atoms with Gasteiger partial charge in [-0.1, -0.05) is 30.0 Å². The van der Waals surface area contributed by atoms with Crippen LogP contribution in [-0.4, -0.2) is 52.4 Å². The molecular formula is C19H26N3PS2. The lowest BCUT2D eigenvalue weighted by atomic mass is 10.2. The van der Waals surface area contributed by atoms with Crippen LogP contribution in [0.5, 0.6) is 0 Å². The van der Waals surface area contributed by atoms with Gasteiger partial charge in [0, 0.05) is 54.6 Å². The standard InChI is InChI=1S/C19H26N3PS2/c24-23(21-11-1-2-12-21,22-13-3-4-14-22)15-16-25-18-9-5-7-17-8-6-10-20-19(17)18/h5-10H,1-4,11-16H2. The van der Waals surface area contributed by atoms with Gasteiger partial charge in [-0.25, -0.2) is 0 Å². The Morgan fingerprint density at radius 1 is 0.960 bits per heavy atom. The summed E-state index contributed by atoms with van der Waals surface area (Å²) in [5.41, 5.74) is 1.13. The lowest BCUT2D eigenvalue weighted by molar-refractivity contribution is 0.472. The van der Waals surface area contributed by atoms with Crippen molar-refractivity contribution in [1.29, 1.82) is 0 Å². The molecule has 134 valence electrons. The van der Waals surface area contributed by atoms with E-state index in [4.69, 9.17) is 11.8 Å². The number of hydrogen-bond acceptors (Lipinski definition) is 3. The summed E-state index contributed by atoms with van der Waals surface area (Å²) in [5, 5.41) is 1.23. The number of benzene rings is 1. The molecule has 0 radical (unpaired) electrons. The van der Waals surface area contributed by atoms with Crippen molar-refractivity contribution in [1.82, 2.24) is 14.3 Å². The Labute approximate surface area is 160 Å². The van der Waals surface area contributed by atoms with Gasteiger partial charge < -0.3 is 0 Å². The molecule has 0 bridgehead atoms. The van der Waals surface area contributed by atoms with Gasteiger partial charge in [0.1, 0.15) is 0 Å². The van der Waals surface area contributed by atoms with Gasteiger partial charge in [-0.2, -0.15) is 0 Å². The molecule has 2 fully saturated rings. The summed E-state index contributed by atoms with van der Waals surface area (Å²) in [6.07, 6.45) is 6.79. The topological polar surface area (TPSA) is 19.4 Å². The lowest BCUT2D eigenvalue weighted by Crippen LogP contribution is -2.30. The van der Waals surface area contributed by atoms with Crippen LogP contribution in [0.3, 0.4) is 0 Å². The number of pyridine rings is 1. The summed E-state index contributed by atoms with van der Waals surface area (Å²) in [7, 11) is 0. The molecule has 3 nitrogen and oxygen atoms in total. The number of fused-ring (bicyclic) bond motifs is 1. The van der Waals surface area contributed by atoms with Crippen molar-refractivity contribution >= 4 is 40.8 Å². The second kappa shape index (κ2) is 8.06. The average molecular weight is 392 g/mol. The number of nitrogens with zero attached hydrogens (tertiary/aromatic N) is 3. The van der Waals surface area contributed by atoms with Crippen LogP contribution < -0.4 is 0 Å². The van der Waals surface area contributed by atoms with E-state index in [0.717, 1.165) is 17.4 Å². The van der Waals surface area contributed by atoms with E-state index < -0.39 is 6.34 Å². The van der Waals surface area contributed by atoms with Crippen LogP contribution in [-0.2, 0) is 11.8 Å². The lowest BCUT2D eigenvalue weighted by Gasteiger charge is -2.39. The van der Waals surface area contributed by atoms with Crippen molar-refractivity contribution < 1.29 is 0 Å². The van der Waals surface area contributed by atoms with Gasteiger partial charge in [-0.3, -0.25) is 14.3 Å². The van der Waals surface area contributed by atoms with Crippen molar-refractivity contribution in [2.45, 2.75) is 30.6 Å². The summed E-state index contributed by atoms with van der Waals surface area (Å²) in [6, 6.07) is 10.6. The highest BCUT2D eigenvalue weighted by Gasteiger charge is 2.35. The first-order valence-electron chi connectivity index (χ1n) is 9.34. The van der Waals surface area contributed by atoms with Crippen LogP contribution in [0.15, 0.2) is 41.4 Å². The SMILES string of the molecule is S=P(CCSc1cccc2cccnc12)(N1CCCC1)N1CCCC1. The van der Waals surface area contributed by atoms with Crippen molar-refractivity contribution in [3.8, 4) is 0 Å². The van der Waals surface area contributed by atoms with Crippen LogP contribution >= 0.6 is 18.1 Å². The third kappa shape index (κ3) is 3.81. The Hall–Kier alpha value is -0.450. The molecule has 0 unspecified atom stereocenters. The molecule has 0 aliphatic carbocycles. The molecule has 0 spiro atoms. The molecule has 0 atom stereocenters. The molecule has 2 saturated heterocycles. The van der Waals surface area contributed by atoms with Crippen molar-refractivity contribution in [2.75, 3.05) is 38.1 Å². The van der Waals surface area contributed by atoms with Crippen LogP contribution in [0.4, 0.5) is 0 Å². The van der Waals surface area contributed by atoms with E-state index in [1.54, 1.807) is 0 Å².